The van der Waals surface area contributed by atoms with Gasteiger partial charge in [0, 0.05) is 0 Å². The van der Waals surface area contributed by atoms with Gasteiger partial charge in [-0.2, -0.15) is 8.42 Å². The van der Waals surface area contributed by atoms with Gasteiger partial charge in [0.2, 0.25) is 0 Å². The predicted molar refractivity (Wildman–Crippen MR) is 65.3 cm³/mol. The fourth-order valence-electron chi connectivity index (χ4n) is 0.979. The zero-order valence-corrected chi connectivity index (χ0v) is 14.4. The number of unbranched alkanes of at least 4 members (excludes halogenated alkanes) is 2. The summed E-state index contributed by atoms with van der Waals surface area (Å²) in [6, 6.07) is 0. The van der Waals surface area contributed by atoms with Crippen molar-refractivity contribution in [2.75, 3.05) is 0 Å². The normalized spacial score (nSPS) is 12.2. The van der Waals surface area contributed by atoms with Crippen LogP contribution < -0.4 is 0 Å². The van der Waals surface area contributed by atoms with Gasteiger partial charge in [-0.25, -0.2) is 0 Å². The molecule has 0 bridgehead atoms. The molecule has 3 N–H and O–H groups in total. The van der Waals surface area contributed by atoms with E-state index < -0.39 is 33.7 Å². The molecule has 0 aliphatic rings. The zero-order chi connectivity index (χ0) is 14.8. The molecule has 1 atom stereocenters. The Kier molecular flexibility index (Phi) is 13.1. The average Bonchev–Trinajstić information content (AvgIpc) is 2.21. The molecule has 0 aromatic heterocycles. The second-order valence-electron chi connectivity index (χ2n) is 3.65. The van der Waals surface area contributed by atoms with E-state index in [0.717, 1.165) is 49.0 Å². The molecule has 0 aromatic rings. The van der Waals surface area contributed by atoms with Crippen LogP contribution in [0.3, 0.4) is 0 Å². The predicted octanol–water partition coefficient (Wildman–Crippen LogP) is 0.565. The van der Waals surface area contributed by atoms with E-state index in [1.807, 2.05) is 0 Å². The quantitative estimate of drug-likeness (QED) is 0.356. The number of carboxylic acids is 2. The molecule has 0 aliphatic carbocycles. The smallest absolute Gasteiger partial charge is 0.325 e. The van der Waals surface area contributed by atoms with Gasteiger partial charge < -0.3 is 10.2 Å². The molecule has 0 saturated carbocycles. The molecule has 0 aromatic carbocycles. The third kappa shape index (κ3) is 12.9. The molecule has 1 unspecified atom stereocenters. The summed E-state index contributed by atoms with van der Waals surface area (Å²) in [5.74, 6) is -3.50. The van der Waals surface area contributed by atoms with E-state index in [1.165, 1.54) is 19.3 Å². The Morgan fingerprint density at radius 3 is 1.83 bits per heavy atom. The Labute approximate surface area is 140 Å². The van der Waals surface area contributed by atoms with Gasteiger partial charge in [-0.3, -0.25) is 14.1 Å². The summed E-state index contributed by atoms with van der Waals surface area (Å²) in [6.07, 6.45) is 3.18. The van der Waals surface area contributed by atoms with Gasteiger partial charge in [0.25, 0.3) is 10.1 Å². The monoisotopic (exact) mass is 308 g/mol. The molecule has 0 amide bonds. The summed E-state index contributed by atoms with van der Waals surface area (Å²) in [5.41, 5.74) is 0. The van der Waals surface area contributed by atoms with Crippen molar-refractivity contribution in [1.29, 1.82) is 0 Å². The molecule has 9 heteroatoms. The van der Waals surface area contributed by atoms with Crippen LogP contribution in [0.2, 0.25) is 0.515 Å². The minimum atomic E-state index is -4.84. The van der Waals surface area contributed by atoms with E-state index in [1.54, 1.807) is 0.515 Å². The van der Waals surface area contributed by atoms with Gasteiger partial charge in [-0.1, -0.05) is 0 Å². The second kappa shape index (κ2) is 11.3. The van der Waals surface area contributed by atoms with Crippen LogP contribution in [-0.4, -0.2) is 89.3 Å². The van der Waals surface area contributed by atoms with Crippen LogP contribution in [0.5, 0.6) is 0 Å². The molecule has 0 saturated heterocycles. The summed E-state index contributed by atoms with van der Waals surface area (Å²) in [6.45, 7) is 2.25. The molecule has 7 nitrogen and oxygen atoms in total. The number of aliphatic carboxylic acids is 2. The third-order valence-corrected chi connectivity index (χ3v) is 4.14. The van der Waals surface area contributed by atoms with Gasteiger partial charge in [0.15, 0.2) is 5.25 Å². The van der Waals surface area contributed by atoms with Crippen molar-refractivity contribution in [1.82, 2.24) is 0 Å². The maximum Gasteiger partial charge on any atom is 0.325 e. The largest absolute Gasteiger partial charge is 0.481 e. The molecular formula is C9H17KO7S. The average molecular weight is 308 g/mol. The minimum Gasteiger partial charge on any atom is -0.481 e. The number of carbonyl (C=O) groups is 2. The fourth-order valence-corrected chi connectivity index (χ4v) is 2.37. The first kappa shape index (κ1) is 20.8. The first-order valence-corrected chi connectivity index (χ1v) is 9.28. The molecule has 18 heavy (non-hydrogen) atoms. The maximum absolute atomic E-state index is 10.2. The Morgan fingerprint density at radius 1 is 1.22 bits per heavy atom. The van der Waals surface area contributed by atoms with Crippen molar-refractivity contribution in [3.63, 3.8) is 0 Å². The summed E-state index contributed by atoms with van der Waals surface area (Å²) in [5, 5.41) is 13.9. The summed E-state index contributed by atoms with van der Waals surface area (Å²) in [4.78, 5) is 20.0. The van der Waals surface area contributed by atoms with E-state index in [0.29, 0.717) is 0 Å². The Balaban J connectivity index is 0. The zero-order valence-electron chi connectivity index (χ0n) is 10.5. The van der Waals surface area contributed by atoms with Crippen molar-refractivity contribution < 1.29 is 32.8 Å². The number of carboxylic acid groups (broad SMARTS) is 2. The Hall–Kier alpha value is 0.486. The first-order chi connectivity index (χ1) is 8.16. The van der Waals surface area contributed by atoms with E-state index >= 15 is 0 Å². The standard InChI is InChI=1S/C5H11.C4H6O7S.K/c1-3-5-4-2;5-3(6)1-2(4(7)8)12(9,10)11;/h1,3-5H2,2H3;2H,1H2,(H,5,6)(H,7,8)(H,9,10,11);. The van der Waals surface area contributed by atoms with Crippen molar-refractivity contribution in [2.24, 2.45) is 0 Å². The van der Waals surface area contributed by atoms with Crippen LogP contribution in [0.25, 0.3) is 0 Å². The minimum absolute atomic E-state index is 1.11. The molecule has 0 radical (unpaired) electrons. The summed E-state index contributed by atoms with van der Waals surface area (Å²) >= 11 is 1.11. The SMILES string of the molecule is CCCC[CH2][K].O=C(O)CC(C(=O)O)S(=O)(=O)O. The molecule has 0 aliphatic heterocycles. The Morgan fingerprint density at radius 2 is 1.72 bits per heavy atom. The number of hydrogen-bond acceptors (Lipinski definition) is 4. The molecule has 0 rings (SSSR count). The van der Waals surface area contributed by atoms with E-state index in [-0.39, 0.29) is 0 Å². The Bertz CT molecular complexity index is 348. The molecule has 0 heterocycles. The van der Waals surface area contributed by atoms with Gasteiger partial charge >= 0.3 is 87.6 Å². The van der Waals surface area contributed by atoms with Crippen LogP contribution in [0.4, 0.5) is 0 Å². The van der Waals surface area contributed by atoms with E-state index in [9.17, 15) is 18.0 Å². The molecule has 102 valence electrons. The van der Waals surface area contributed by atoms with Crippen LogP contribution in [-0.2, 0) is 19.7 Å². The van der Waals surface area contributed by atoms with Crippen LogP contribution in [0.15, 0.2) is 0 Å². The van der Waals surface area contributed by atoms with Gasteiger partial charge in [-0.05, 0) is 0 Å². The fraction of sp³-hybridized carbons (Fsp3) is 0.778. The van der Waals surface area contributed by atoms with E-state index in [4.69, 9.17) is 14.8 Å². The van der Waals surface area contributed by atoms with Crippen LogP contribution >= 0.6 is 0 Å². The van der Waals surface area contributed by atoms with Crippen molar-refractivity contribution >= 4 is 71.0 Å². The van der Waals surface area contributed by atoms with Crippen molar-refractivity contribution in [2.45, 2.75) is 38.4 Å². The van der Waals surface area contributed by atoms with Gasteiger partial charge in [0.1, 0.15) is 0 Å². The van der Waals surface area contributed by atoms with Crippen molar-refractivity contribution in [3.8, 4) is 0 Å². The second-order valence-corrected chi connectivity index (χ2v) is 6.81. The summed E-state index contributed by atoms with van der Waals surface area (Å²) < 4.78 is 30.2. The first-order valence-electron chi connectivity index (χ1n) is 5.57. The number of hydrogen-bond donors (Lipinski definition) is 3. The maximum atomic E-state index is 10.2. The number of rotatable bonds is 7. The molecule has 0 fully saturated rings. The molecular weight excluding hydrogens is 291 g/mol. The topological polar surface area (TPSA) is 129 Å². The molecule has 0 spiro atoms. The van der Waals surface area contributed by atoms with E-state index in [2.05, 4.69) is 6.92 Å². The van der Waals surface area contributed by atoms with Crippen LogP contribution in [0, 0.1) is 0 Å². The summed E-state index contributed by atoms with van der Waals surface area (Å²) in [7, 11) is -4.84. The third-order valence-electron chi connectivity index (χ3n) is 1.95. The van der Waals surface area contributed by atoms with Crippen molar-refractivity contribution in [3.05, 3.63) is 0 Å². The van der Waals surface area contributed by atoms with Gasteiger partial charge in [-0.15, -0.1) is 0 Å². The van der Waals surface area contributed by atoms with Gasteiger partial charge in [0.05, 0.1) is 6.42 Å². The van der Waals surface area contributed by atoms with Crippen LogP contribution in [0.1, 0.15) is 32.6 Å².